The van der Waals surface area contributed by atoms with Gasteiger partial charge in [0.2, 0.25) is 0 Å². The zero-order valence-corrected chi connectivity index (χ0v) is 13.8. The van der Waals surface area contributed by atoms with E-state index in [-0.39, 0.29) is 33.8 Å². The van der Waals surface area contributed by atoms with Crippen molar-refractivity contribution in [3.63, 3.8) is 0 Å². The Morgan fingerprint density at radius 2 is 1.48 bits per heavy atom. The predicted octanol–water partition coefficient (Wildman–Crippen LogP) is 2.62. The molecule has 6 heteroatoms. The number of ether oxygens (including phenoxy) is 2. The van der Waals surface area contributed by atoms with Gasteiger partial charge in [-0.25, -0.2) is 0 Å². The molecule has 0 radical (unpaired) electrons. The van der Waals surface area contributed by atoms with Crippen LogP contribution in [0.15, 0.2) is 30.3 Å². The molecule has 3 rings (SSSR count). The number of ketones is 2. The Morgan fingerprint density at radius 1 is 0.800 bits per heavy atom. The van der Waals surface area contributed by atoms with Crippen LogP contribution in [-0.2, 0) is 9.59 Å². The van der Waals surface area contributed by atoms with Crippen LogP contribution < -0.4 is 9.47 Å². The van der Waals surface area contributed by atoms with Gasteiger partial charge in [0, 0.05) is 36.6 Å². The van der Waals surface area contributed by atoms with Gasteiger partial charge < -0.3 is 9.47 Å². The number of esters is 2. The maximum atomic E-state index is 12.8. The van der Waals surface area contributed by atoms with E-state index in [1.54, 1.807) is 18.2 Å². The molecule has 0 heterocycles. The highest BCUT2D eigenvalue weighted by Gasteiger charge is 2.34. The highest BCUT2D eigenvalue weighted by Crippen LogP contribution is 2.37. The van der Waals surface area contributed by atoms with Gasteiger partial charge >= 0.3 is 11.9 Å². The van der Waals surface area contributed by atoms with Gasteiger partial charge in [-0.15, -0.1) is 0 Å². The van der Waals surface area contributed by atoms with E-state index in [0.29, 0.717) is 0 Å². The minimum atomic E-state index is -0.655. The van der Waals surface area contributed by atoms with Crippen LogP contribution in [0.4, 0.5) is 0 Å². The summed E-state index contributed by atoms with van der Waals surface area (Å²) in [6.45, 7) is 4.20. The van der Waals surface area contributed by atoms with Gasteiger partial charge in [-0.3, -0.25) is 19.2 Å². The summed E-state index contributed by atoms with van der Waals surface area (Å²) < 4.78 is 10.1. The third-order valence-corrected chi connectivity index (χ3v) is 3.73. The largest absolute Gasteiger partial charge is 0.427 e. The zero-order chi connectivity index (χ0) is 18.3. The molecule has 0 saturated heterocycles. The summed E-state index contributed by atoms with van der Waals surface area (Å²) in [7, 11) is 0. The SMILES string of the molecule is CC(=O)Oc1cc(OC(C)=O)c2c(c1)C(=O)c1cc(C)ccc1C2=O. The molecule has 0 bridgehead atoms. The molecule has 0 atom stereocenters. The molecule has 0 fully saturated rings. The number of rotatable bonds is 2. The average molecular weight is 338 g/mol. The minimum Gasteiger partial charge on any atom is -0.427 e. The summed E-state index contributed by atoms with van der Waals surface area (Å²) in [6.07, 6.45) is 0. The number of carbonyl (C=O) groups is 4. The van der Waals surface area contributed by atoms with Crippen molar-refractivity contribution in [3.8, 4) is 11.5 Å². The number of benzene rings is 2. The summed E-state index contributed by atoms with van der Waals surface area (Å²) >= 11 is 0. The molecule has 0 N–H and O–H groups in total. The van der Waals surface area contributed by atoms with Gasteiger partial charge in [0.05, 0.1) is 5.56 Å². The van der Waals surface area contributed by atoms with Crippen LogP contribution in [0.25, 0.3) is 0 Å². The quantitative estimate of drug-likeness (QED) is 0.527. The number of carbonyl (C=O) groups excluding carboxylic acids is 4. The molecular weight excluding hydrogens is 324 g/mol. The standard InChI is InChI=1S/C19H14O6/c1-9-4-5-13-14(6-9)18(22)15-7-12(24-10(2)20)8-16(25-11(3)21)17(15)19(13)23/h4-8H,1-3H3. The molecule has 126 valence electrons. The number of aryl methyl sites for hydroxylation is 1. The first-order valence-corrected chi connectivity index (χ1v) is 7.53. The van der Waals surface area contributed by atoms with E-state index in [1.165, 1.54) is 26.0 Å². The van der Waals surface area contributed by atoms with Crippen molar-refractivity contribution in [2.45, 2.75) is 20.8 Å². The molecule has 0 amide bonds. The highest BCUT2D eigenvalue weighted by molar-refractivity contribution is 6.29. The molecule has 0 saturated carbocycles. The summed E-state index contributed by atoms with van der Waals surface area (Å²) in [5.41, 5.74) is 1.38. The third kappa shape index (κ3) is 2.94. The maximum absolute atomic E-state index is 12.8. The lowest BCUT2D eigenvalue weighted by Gasteiger charge is -2.21. The summed E-state index contributed by atoms with van der Waals surface area (Å²) in [6, 6.07) is 7.50. The van der Waals surface area contributed by atoms with Gasteiger partial charge in [0.25, 0.3) is 0 Å². The third-order valence-electron chi connectivity index (χ3n) is 3.73. The Kier molecular flexibility index (Phi) is 3.96. The topological polar surface area (TPSA) is 86.7 Å². The fourth-order valence-corrected chi connectivity index (χ4v) is 2.79. The molecule has 2 aromatic rings. The Labute approximate surface area is 143 Å². The second kappa shape index (κ2) is 5.98. The van der Waals surface area contributed by atoms with Gasteiger partial charge in [-0.2, -0.15) is 0 Å². The molecular formula is C19H14O6. The van der Waals surface area contributed by atoms with Crippen molar-refractivity contribution in [1.29, 1.82) is 0 Å². The van der Waals surface area contributed by atoms with Crippen LogP contribution in [0, 0.1) is 6.92 Å². The van der Waals surface area contributed by atoms with E-state index in [9.17, 15) is 19.2 Å². The Morgan fingerprint density at radius 3 is 2.12 bits per heavy atom. The minimum absolute atomic E-state index is 0.00699. The number of hydrogen-bond acceptors (Lipinski definition) is 6. The molecule has 6 nitrogen and oxygen atoms in total. The lowest BCUT2D eigenvalue weighted by molar-refractivity contribution is -0.132. The van der Waals surface area contributed by atoms with E-state index in [2.05, 4.69) is 0 Å². The number of fused-ring (bicyclic) bond motifs is 2. The smallest absolute Gasteiger partial charge is 0.308 e. The first-order valence-electron chi connectivity index (χ1n) is 7.53. The number of hydrogen-bond donors (Lipinski definition) is 0. The Balaban J connectivity index is 2.26. The summed E-state index contributed by atoms with van der Waals surface area (Å²) in [5, 5.41) is 0. The van der Waals surface area contributed by atoms with Gasteiger partial charge in [0.1, 0.15) is 11.5 Å². The summed E-state index contributed by atoms with van der Waals surface area (Å²) in [5.74, 6) is -2.15. The Bertz CT molecular complexity index is 955. The average Bonchev–Trinajstić information content (AvgIpc) is 2.51. The first-order chi connectivity index (χ1) is 11.8. The van der Waals surface area contributed by atoms with E-state index >= 15 is 0 Å². The molecule has 1 aliphatic carbocycles. The second-order valence-electron chi connectivity index (χ2n) is 5.74. The molecule has 0 spiro atoms. The van der Waals surface area contributed by atoms with Crippen LogP contribution in [0.1, 0.15) is 51.3 Å². The van der Waals surface area contributed by atoms with E-state index in [1.807, 2.05) is 6.92 Å². The van der Waals surface area contributed by atoms with E-state index in [0.717, 1.165) is 5.56 Å². The van der Waals surface area contributed by atoms with Crippen LogP contribution in [0.5, 0.6) is 11.5 Å². The molecule has 2 aromatic carbocycles. The van der Waals surface area contributed by atoms with Gasteiger partial charge in [-0.05, 0) is 19.1 Å². The molecule has 0 aromatic heterocycles. The highest BCUT2D eigenvalue weighted by atomic mass is 16.5. The van der Waals surface area contributed by atoms with E-state index < -0.39 is 23.5 Å². The zero-order valence-electron chi connectivity index (χ0n) is 13.8. The molecule has 25 heavy (non-hydrogen) atoms. The lowest BCUT2D eigenvalue weighted by Crippen LogP contribution is -2.23. The fraction of sp³-hybridized carbons (Fsp3) is 0.158. The van der Waals surface area contributed by atoms with Crippen LogP contribution in [0.2, 0.25) is 0 Å². The normalized spacial score (nSPS) is 12.3. The van der Waals surface area contributed by atoms with Gasteiger partial charge in [-0.1, -0.05) is 17.7 Å². The second-order valence-corrected chi connectivity index (χ2v) is 5.74. The van der Waals surface area contributed by atoms with Crippen molar-refractivity contribution in [3.05, 3.63) is 58.1 Å². The molecule has 0 aliphatic heterocycles. The van der Waals surface area contributed by atoms with Crippen molar-refractivity contribution in [2.75, 3.05) is 0 Å². The lowest BCUT2D eigenvalue weighted by atomic mass is 9.83. The maximum Gasteiger partial charge on any atom is 0.308 e. The van der Waals surface area contributed by atoms with Gasteiger partial charge in [0.15, 0.2) is 11.6 Å². The van der Waals surface area contributed by atoms with Crippen LogP contribution >= 0.6 is 0 Å². The van der Waals surface area contributed by atoms with E-state index in [4.69, 9.17) is 9.47 Å². The van der Waals surface area contributed by atoms with Crippen molar-refractivity contribution >= 4 is 23.5 Å². The molecule has 1 aliphatic rings. The van der Waals surface area contributed by atoms with Crippen molar-refractivity contribution in [1.82, 2.24) is 0 Å². The Hall–Kier alpha value is -3.28. The summed E-state index contributed by atoms with van der Waals surface area (Å²) in [4.78, 5) is 48.3. The molecule has 0 unspecified atom stereocenters. The van der Waals surface area contributed by atoms with Crippen molar-refractivity contribution < 1.29 is 28.7 Å². The van der Waals surface area contributed by atoms with Crippen LogP contribution in [0.3, 0.4) is 0 Å². The van der Waals surface area contributed by atoms with Crippen LogP contribution in [-0.4, -0.2) is 23.5 Å². The predicted molar refractivity (Wildman–Crippen MR) is 87.1 cm³/mol. The fourth-order valence-electron chi connectivity index (χ4n) is 2.79. The van der Waals surface area contributed by atoms with Crippen molar-refractivity contribution in [2.24, 2.45) is 0 Å². The first kappa shape index (κ1) is 16.6. The monoisotopic (exact) mass is 338 g/mol.